The van der Waals surface area contributed by atoms with Crippen molar-refractivity contribution in [3.8, 4) is 0 Å². The average Bonchev–Trinajstić information content (AvgIpc) is 2.26. The van der Waals surface area contributed by atoms with Gasteiger partial charge in [-0.25, -0.2) is 4.98 Å². The van der Waals surface area contributed by atoms with Gasteiger partial charge in [-0.2, -0.15) is 0 Å². The molecule has 1 heterocycles. The molecule has 0 saturated carbocycles. The van der Waals surface area contributed by atoms with Crippen molar-refractivity contribution in [2.24, 2.45) is 0 Å². The van der Waals surface area contributed by atoms with Gasteiger partial charge in [-0.3, -0.25) is 10.1 Å². The molecule has 17 heavy (non-hydrogen) atoms. The fourth-order valence-corrected chi connectivity index (χ4v) is 1.29. The third-order valence-corrected chi connectivity index (χ3v) is 2.05. The summed E-state index contributed by atoms with van der Waals surface area (Å²) in [7, 11) is 0. The topological polar surface area (TPSA) is 103 Å². The van der Waals surface area contributed by atoms with E-state index in [4.69, 9.17) is 10.5 Å². The molecular weight excluding hydrogens is 224 g/mol. The fourth-order valence-electron chi connectivity index (χ4n) is 1.29. The number of aromatic nitrogens is 1. The summed E-state index contributed by atoms with van der Waals surface area (Å²) in [6.07, 6.45) is 0. The third kappa shape index (κ3) is 3.87. The Morgan fingerprint density at radius 1 is 1.65 bits per heavy atom. The number of nitrogen functional groups attached to an aromatic ring is 1. The summed E-state index contributed by atoms with van der Waals surface area (Å²) in [4.78, 5) is 14.2. The lowest BCUT2D eigenvalue weighted by Crippen LogP contribution is -2.23. The van der Waals surface area contributed by atoms with Gasteiger partial charge in [0.1, 0.15) is 5.82 Å². The Hall–Kier alpha value is -1.89. The van der Waals surface area contributed by atoms with Gasteiger partial charge in [0, 0.05) is 18.7 Å². The van der Waals surface area contributed by atoms with Gasteiger partial charge in [0.15, 0.2) is 0 Å². The molecule has 0 bridgehead atoms. The molecule has 1 rings (SSSR count). The van der Waals surface area contributed by atoms with Crippen LogP contribution in [0.2, 0.25) is 0 Å². The van der Waals surface area contributed by atoms with Crippen molar-refractivity contribution in [2.75, 3.05) is 24.3 Å². The van der Waals surface area contributed by atoms with Crippen molar-refractivity contribution >= 4 is 17.3 Å². The maximum Gasteiger partial charge on any atom is 0.311 e. The Bertz CT molecular complexity index is 397. The number of nitrogens with two attached hydrogens (primary N) is 1. The van der Waals surface area contributed by atoms with Crippen LogP contribution in [0.4, 0.5) is 17.3 Å². The number of ether oxygens (including phenoxy) is 1. The predicted molar refractivity (Wildman–Crippen MR) is 64.9 cm³/mol. The van der Waals surface area contributed by atoms with Crippen molar-refractivity contribution in [3.05, 3.63) is 22.2 Å². The van der Waals surface area contributed by atoms with E-state index in [0.29, 0.717) is 13.2 Å². The standard InChI is InChI=1S/C10H16N4O3/c1-3-17-6-7(2)12-10-8(14(15)16)4-5-9(11)13-10/h4-5,7H,3,6H2,1-2H3,(H3,11,12,13). The van der Waals surface area contributed by atoms with E-state index in [9.17, 15) is 10.1 Å². The van der Waals surface area contributed by atoms with E-state index in [1.54, 1.807) is 0 Å². The van der Waals surface area contributed by atoms with Crippen LogP contribution in [0.5, 0.6) is 0 Å². The monoisotopic (exact) mass is 240 g/mol. The normalized spacial score (nSPS) is 12.1. The van der Waals surface area contributed by atoms with Crippen LogP contribution in [0.3, 0.4) is 0 Å². The van der Waals surface area contributed by atoms with E-state index in [0.717, 1.165) is 0 Å². The zero-order chi connectivity index (χ0) is 12.8. The molecule has 94 valence electrons. The quantitative estimate of drug-likeness (QED) is 0.575. The Balaban J connectivity index is 2.81. The third-order valence-electron chi connectivity index (χ3n) is 2.05. The van der Waals surface area contributed by atoms with Crippen LogP contribution in [0.1, 0.15) is 13.8 Å². The molecule has 1 unspecified atom stereocenters. The first-order valence-corrected chi connectivity index (χ1v) is 5.29. The fraction of sp³-hybridized carbons (Fsp3) is 0.500. The first kappa shape index (κ1) is 13.2. The molecule has 0 aromatic carbocycles. The highest BCUT2D eigenvalue weighted by Crippen LogP contribution is 2.23. The zero-order valence-electron chi connectivity index (χ0n) is 9.84. The molecule has 0 saturated heterocycles. The van der Waals surface area contributed by atoms with Crippen LogP contribution in [0.15, 0.2) is 12.1 Å². The molecule has 0 radical (unpaired) electrons. The summed E-state index contributed by atoms with van der Waals surface area (Å²) >= 11 is 0. The smallest absolute Gasteiger partial charge is 0.311 e. The van der Waals surface area contributed by atoms with Crippen molar-refractivity contribution < 1.29 is 9.66 Å². The van der Waals surface area contributed by atoms with E-state index in [1.165, 1.54) is 12.1 Å². The lowest BCUT2D eigenvalue weighted by atomic mass is 10.3. The first-order valence-electron chi connectivity index (χ1n) is 5.29. The number of hydrogen-bond donors (Lipinski definition) is 2. The lowest BCUT2D eigenvalue weighted by molar-refractivity contribution is -0.384. The van der Waals surface area contributed by atoms with Crippen molar-refractivity contribution in [1.29, 1.82) is 0 Å². The van der Waals surface area contributed by atoms with E-state index in [1.807, 2.05) is 13.8 Å². The summed E-state index contributed by atoms with van der Waals surface area (Å²) in [6.45, 7) is 4.78. The number of nitrogens with one attached hydrogen (secondary N) is 1. The molecule has 0 aliphatic rings. The van der Waals surface area contributed by atoms with Gasteiger partial charge in [0.2, 0.25) is 5.82 Å². The Kier molecular flexibility index (Phi) is 4.65. The van der Waals surface area contributed by atoms with Crippen molar-refractivity contribution in [3.63, 3.8) is 0 Å². The van der Waals surface area contributed by atoms with Crippen molar-refractivity contribution in [1.82, 2.24) is 4.98 Å². The minimum Gasteiger partial charge on any atom is -0.384 e. The maximum absolute atomic E-state index is 10.8. The lowest BCUT2D eigenvalue weighted by Gasteiger charge is -2.14. The van der Waals surface area contributed by atoms with Gasteiger partial charge in [-0.15, -0.1) is 0 Å². The Morgan fingerprint density at radius 3 is 2.94 bits per heavy atom. The molecule has 7 nitrogen and oxygen atoms in total. The van der Waals surface area contributed by atoms with E-state index in [-0.39, 0.29) is 23.4 Å². The summed E-state index contributed by atoms with van der Waals surface area (Å²) in [5.74, 6) is 0.406. The maximum atomic E-state index is 10.8. The summed E-state index contributed by atoms with van der Waals surface area (Å²) in [5.41, 5.74) is 5.40. The highest BCUT2D eigenvalue weighted by Gasteiger charge is 2.17. The molecule has 0 aliphatic carbocycles. The predicted octanol–water partition coefficient (Wildman–Crippen LogP) is 1.41. The first-order chi connectivity index (χ1) is 8.04. The van der Waals surface area contributed by atoms with Gasteiger partial charge >= 0.3 is 5.69 Å². The highest BCUT2D eigenvalue weighted by molar-refractivity contribution is 5.59. The minimum atomic E-state index is -0.498. The van der Waals surface area contributed by atoms with Gasteiger partial charge < -0.3 is 15.8 Å². The second-order valence-electron chi connectivity index (χ2n) is 3.57. The van der Waals surface area contributed by atoms with Crippen LogP contribution < -0.4 is 11.1 Å². The highest BCUT2D eigenvalue weighted by atomic mass is 16.6. The average molecular weight is 240 g/mol. The zero-order valence-corrected chi connectivity index (χ0v) is 9.84. The van der Waals surface area contributed by atoms with Gasteiger partial charge in [0.05, 0.1) is 11.5 Å². The Labute approximate surface area is 99.1 Å². The number of rotatable bonds is 6. The number of nitro groups is 1. The minimum absolute atomic E-state index is 0.0806. The molecule has 7 heteroatoms. The van der Waals surface area contributed by atoms with Crippen LogP contribution >= 0.6 is 0 Å². The SMILES string of the molecule is CCOCC(C)Nc1nc(N)ccc1[N+](=O)[O-]. The number of pyridine rings is 1. The molecule has 0 spiro atoms. The number of nitrogens with zero attached hydrogens (tertiary/aromatic N) is 2. The van der Waals surface area contributed by atoms with E-state index >= 15 is 0 Å². The molecule has 1 atom stereocenters. The molecule has 1 aromatic heterocycles. The summed E-state index contributed by atoms with van der Waals surface area (Å²) in [5, 5.41) is 13.7. The van der Waals surface area contributed by atoms with Crippen LogP contribution in [0, 0.1) is 10.1 Å². The van der Waals surface area contributed by atoms with Gasteiger partial charge in [-0.05, 0) is 19.9 Å². The van der Waals surface area contributed by atoms with E-state index in [2.05, 4.69) is 10.3 Å². The molecular formula is C10H16N4O3. The Morgan fingerprint density at radius 2 is 2.35 bits per heavy atom. The molecule has 3 N–H and O–H groups in total. The molecule has 0 amide bonds. The van der Waals surface area contributed by atoms with Crippen LogP contribution in [-0.2, 0) is 4.74 Å². The van der Waals surface area contributed by atoms with Crippen LogP contribution in [-0.4, -0.2) is 29.2 Å². The summed E-state index contributed by atoms with van der Waals surface area (Å²) in [6, 6.07) is 2.65. The van der Waals surface area contributed by atoms with Gasteiger partial charge in [-0.1, -0.05) is 0 Å². The number of anilines is 2. The largest absolute Gasteiger partial charge is 0.384 e. The molecule has 0 aliphatic heterocycles. The molecule has 1 aromatic rings. The summed E-state index contributed by atoms with van der Waals surface area (Å²) < 4.78 is 5.21. The number of hydrogen-bond acceptors (Lipinski definition) is 6. The van der Waals surface area contributed by atoms with Gasteiger partial charge in [0.25, 0.3) is 0 Å². The second kappa shape index (κ2) is 6.00. The molecule has 0 fully saturated rings. The second-order valence-corrected chi connectivity index (χ2v) is 3.57. The van der Waals surface area contributed by atoms with Crippen molar-refractivity contribution in [2.45, 2.75) is 19.9 Å². The van der Waals surface area contributed by atoms with E-state index < -0.39 is 4.92 Å². The van der Waals surface area contributed by atoms with Crippen LogP contribution in [0.25, 0.3) is 0 Å².